The fourth-order valence-corrected chi connectivity index (χ4v) is 0.999. The second kappa shape index (κ2) is 3.59. The SMILES string of the molecule is CC(C)=C(Cl)c1ccccc1. The highest BCUT2D eigenvalue weighted by Crippen LogP contribution is 2.21. The van der Waals surface area contributed by atoms with E-state index in [-0.39, 0.29) is 0 Å². The average molecular weight is 167 g/mol. The quantitative estimate of drug-likeness (QED) is 0.597. The van der Waals surface area contributed by atoms with E-state index in [0.29, 0.717) is 0 Å². The molecule has 58 valence electrons. The maximum Gasteiger partial charge on any atom is 0.0464 e. The largest absolute Gasteiger partial charge is 0.0838 e. The molecule has 0 saturated heterocycles. The number of hydrogen-bond acceptors (Lipinski definition) is 0. The summed E-state index contributed by atoms with van der Waals surface area (Å²) in [6, 6.07) is 9.98. The van der Waals surface area contributed by atoms with E-state index < -0.39 is 0 Å². The van der Waals surface area contributed by atoms with Crippen molar-refractivity contribution in [2.24, 2.45) is 0 Å². The third-order valence-electron chi connectivity index (χ3n) is 1.47. The summed E-state index contributed by atoms with van der Waals surface area (Å²) in [6.07, 6.45) is 0. The zero-order valence-corrected chi connectivity index (χ0v) is 7.52. The number of allylic oxidation sites excluding steroid dienone is 1. The Kier molecular flexibility index (Phi) is 2.72. The van der Waals surface area contributed by atoms with Gasteiger partial charge in [0, 0.05) is 5.03 Å². The molecule has 0 heterocycles. The maximum absolute atomic E-state index is 6.02. The Morgan fingerprint density at radius 1 is 1.09 bits per heavy atom. The first-order chi connectivity index (χ1) is 5.22. The molecule has 0 aromatic heterocycles. The van der Waals surface area contributed by atoms with Gasteiger partial charge in [0.2, 0.25) is 0 Å². The van der Waals surface area contributed by atoms with Gasteiger partial charge in [0.15, 0.2) is 0 Å². The van der Waals surface area contributed by atoms with Crippen molar-refractivity contribution in [3.63, 3.8) is 0 Å². The summed E-state index contributed by atoms with van der Waals surface area (Å²) in [5, 5.41) is 0.852. The lowest BCUT2D eigenvalue weighted by Gasteiger charge is -1.99. The second-order valence-electron chi connectivity index (χ2n) is 2.68. The van der Waals surface area contributed by atoms with E-state index in [4.69, 9.17) is 11.6 Å². The van der Waals surface area contributed by atoms with Gasteiger partial charge in [0.25, 0.3) is 0 Å². The topological polar surface area (TPSA) is 0 Å². The predicted molar refractivity (Wildman–Crippen MR) is 50.6 cm³/mol. The molecule has 1 heteroatoms. The van der Waals surface area contributed by atoms with Crippen LogP contribution in [0.1, 0.15) is 19.4 Å². The highest BCUT2D eigenvalue weighted by molar-refractivity contribution is 6.49. The monoisotopic (exact) mass is 166 g/mol. The van der Waals surface area contributed by atoms with Crippen LogP contribution in [0.2, 0.25) is 0 Å². The number of halogens is 1. The van der Waals surface area contributed by atoms with E-state index >= 15 is 0 Å². The molecule has 0 aliphatic rings. The molecule has 0 nitrogen and oxygen atoms in total. The summed E-state index contributed by atoms with van der Waals surface area (Å²) in [5.74, 6) is 0. The first kappa shape index (κ1) is 8.35. The second-order valence-corrected chi connectivity index (χ2v) is 3.06. The third-order valence-corrected chi connectivity index (χ3v) is 2.06. The Morgan fingerprint density at radius 3 is 2.09 bits per heavy atom. The van der Waals surface area contributed by atoms with Gasteiger partial charge in [-0.2, -0.15) is 0 Å². The fraction of sp³-hybridized carbons (Fsp3) is 0.200. The standard InChI is InChI=1S/C10H11Cl/c1-8(2)10(11)9-6-4-3-5-7-9/h3-7H,1-2H3. The van der Waals surface area contributed by atoms with Crippen LogP contribution in [-0.2, 0) is 0 Å². The van der Waals surface area contributed by atoms with Crippen molar-refractivity contribution >= 4 is 16.6 Å². The van der Waals surface area contributed by atoms with Crippen LogP contribution in [0.4, 0.5) is 0 Å². The van der Waals surface area contributed by atoms with Crippen molar-refractivity contribution in [2.45, 2.75) is 13.8 Å². The summed E-state index contributed by atoms with van der Waals surface area (Å²) >= 11 is 6.02. The molecule has 0 unspecified atom stereocenters. The molecule has 1 aromatic carbocycles. The fourth-order valence-electron chi connectivity index (χ4n) is 0.873. The highest BCUT2D eigenvalue weighted by Gasteiger charge is 1.96. The Balaban J connectivity index is 3.04. The van der Waals surface area contributed by atoms with Crippen LogP contribution in [0.25, 0.3) is 5.03 Å². The van der Waals surface area contributed by atoms with Gasteiger partial charge in [-0.1, -0.05) is 47.5 Å². The van der Waals surface area contributed by atoms with Crippen LogP contribution in [0, 0.1) is 0 Å². The van der Waals surface area contributed by atoms with E-state index in [1.807, 2.05) is 44.2 Å². The Bertz CT molecular complexity index is 255. The lowest BCUT2D eigenvalue weighted by Crippen LogP contribution is -1.77. The van der Waals surface area contributed by atoms with Gasteiger partial charge in [-0.15, -0.1) is 0 Å². The van der Waals surface area contributed by atoms with Crippen LogP contribution >= 0.6 is 11.6 Å². The average Bonchev–Trinajstić information content (AvgIpc) is 2.05. The molecule has 11 heavy (non-hydrogen) atoms. The summed E-state index contributed by atoms with van der Waals surface area (Å²) < 4.78 is 0. The molecule has 0 atom stereocenters. The van der Waals surface area contributed by atoms with Gasteiger partial charge in [0.05, 0.1) is 0 Å². The van der Waals surface area contributed by atoms with Crippen LogP contribution in [0.3, 0.4) is 0 Å². The zero-order valence-electron chi connectivity index (χ0n) is 6.76. The first-order valence-corrected chi connectivity index (χ1v) is 3.98. The molecule has 0 aliphatic carbocycles. The Morgan fingerprint density at radius 2 is 1.64 bits per heavy atom. The smallest absolute Gasteiger partial charge is 0.0464 e. The van der Waals surface area contributed by atoms with Crippen molar-refractivity contribution in [3.05, 3.63) is 41.5 Å². The van der Waals surface area contributed by atoms with Crippen molar-refractivity contribution in [3.8, 4) is 0 Å². The summed E-state index contributed by atoms with van der Waals surface area (Å²) in [5.41, 5.74) is 2.24. The van der Waals surface area contributed by atoms with Crippen molar-refractivity contribution < 1.29 is 0 Å². The molecule has 0 N–H and O–H groups in total. The number of benzene rings is 1. The number of hydrogen-bond donors (Lipinski definition) is 0. The molecule has 0 amide bonds. The molecule has 0 fully saturated rings. The van der Waals surface area contributed by atoms with Gasteiger partial charge in [0.1, 0.15) is 0 Å². The molecule has 1 aromatic rings. The minimum Gasteiger partial charge on any atom is -0.0838 e. The summed E-state index contributed by atoms with van der Waals surface area (Å²) in [4.78, 5) is 0. The summed E-state index contributed by atoms with van der Waals surface area (Å²) in [7, 11) is 0. The molecular weight excluding hydrogens is 156 g/mol. The Labute approximate surface area is 72.5 Å². The van der Waals surface area contributed by atoms with Crippen LogP contribution < -0.4 is 0 Å². The van der Waals surface area contributed by atoms with E-state index in [1.54, 1.807) is 0 Å². The predicted octanol–water partition coefficient (Wildman–Crippen LogP) is 3.68. The minimum absolute atomic E-state index is 0.852. The minimum atomic E-state index is 0.852. The van der Waals surface area contributed by atoms with Gasteiger partial charge in [-0.3, -0.25) is 0 Å². The van der Waals surface area contributed by atoms with Gasteiger partial charge in [-0.25, -0.2) is 0 Å². The van der Waals surface area contributed by atoms with E-state index in [0.717, 1.165) is 16.2 Å². The van der Waals surface area contributed by atoms with Crippen molar-refractivity contribution in [1.29, 1.82) is 0 Å². The Hall–Kier alpha value is -0.750. The molecule has 0 bridgehead atoms. The molecular formula is C10H11Cl. The van der Waals surface area contributed by atoms with E-state index in [9.17, 15) is 0 Å². The van der Waals surface area contributed by atoms with Gasteiger partial charge >= 0.3 is 0 Å². The first-order valence-electron chi connectivity index (χ1n) is 3.60. The third kappa shape index (κ3) is 2.09. The molecule has 0 spiro atoms. The summed E-state index contributed by atoms with van der Waals surface area (Å²) in [6.45, 7) is 4.02. The maximum atomic E-state index is 6.02. The van der Waals surface area contributed by atoms with Crippen molar-refractivity contribution in [2.75, 3.05) is 0 Å². The van der Waals surface area contributed by atoms with E-state index in [1.165, 1.54) is 0 Å². The van der Waals surface area contributed by atoms with Gasteiger partial charge < -0.3 is 0 Å². The highest BCUT2D eigenvalue weighted by atomic mass is 35.5. The zero-order chi connectivity index (χ0) is 8.27. The van der Waals surface area contributed by atoms with E-state index in [2.05, 4.69) is 0 Å². The van der Waals surface area contributed by atoms with Crippen LogP contribution in [0.15, 0.2) is 35.9 Å². The molecule has 1 rings (SSSR count). The van der Waals surface area contributed by atoms with Crippen molar-refractivity contribution in [1.82, 2.24) is 0 Å². The normalized spacial score (nSPS) is 9.36. The van der Waals surface area contributed by atoms with Gasteiger partial charge in [-0.05, 0) is 19.4 Å². The molecule has 0 aliphatic heterocycles. The lowest BCUT2D eigenvalue weighted by molar-refractivity contribution is 1.41. The molecule has 0 saturated carbocycles. The van der Waals surface area contributed by atoms with Crippen LogP contribution in [-0.4, -0.2) is 0 Å². The molecule has 0 radical (unpaired) electrons. The number of rotatable bonds is 1. The van der Waals surface area contributed by atoms with Crippen LogP contribution in [0.5, 0.6) is 0 Å². The lowest BCUT2D eigenvalue weighted by atomic mass is 10.1.